The molecule has 5 atom stereocenters. The Morgan fingerprint density at radius 3 is 2.39 bits per heavy atom. The maximum absolute atomic E-state index is 12.9. The minimum Gasteiger partial charge on any atom is -0.380 e. The third-order valence-corrected chi connectivity index (χ3v) is 8.86. The summed E-state index contributed by atoms with van der Waals surface area (Å²) in [6.45, 7) is 9.06. The SMILES string of the molecule is CC.CN1CCCC1(C)C1CCC2(C)C(OS(=O)(=O)C(F)(F)F)=CCC2C1CCC=O. The first kappa shape index (κ1) is 26.2. The minimum atomic E-state index is -5.69. The number of carbonyl (C=O) groups excluding carboxylic acids is 1. The van der Waals surface area contributed by atoms with Gasteiger partial charge in [0.25, 0.3) is 0 Å². The fourth-order valence-corrected chi connectivity index (χ4v) is 6.72. The largest absolute Gasteiger partial charge is 0.534 e. The molecule has 0 radical (unpaired) electrons. The van der Waals surface area contributed by atoms with Crippen LogP contribution in [0, 0.1) is 23.2 Å². The number of nitrogens with zero attached hydrogens (tertiary/aromatic N) is 1. The summed E-state index contributed by atoms with van der Waals surface area (Å²) in [6.07, 6.45) is 7.42. The molecule has 0 amide bonds. The molecule has 0 aromatic carbocycles. The highest BCUT2D eigenvalue weighted by atomic mass is 32.2. The molecule has 2 aliphatic carbocycles. The Morgan fingerprint density at radius 2 is 1.87 bits per heavy atom. The molecular formula is C22H36F3NO4S. The Balaban J connectivity index is 0.00000166. The van der Waals surface area contributed by atoms with Gasteiger partial charge in [0, 0.05) is 17.4 Å². The van der Waals surface area contributed by atoms with Gasteiger partial charge >= 0.3 is 15.6 Å². The van der Waals surface area contributed by atoms with Gasteiger partial charge in [0.2, 0.25) is 0 Å². The fourth-order valence-electron chi connectivity index (χ4n) is 6.13. The van der Waals surface area contributed by atoms with Crippen LogP contribution in [0.2, 0.25) is 0 Å². The van der Waals surface area contributed by atoms with Crippen LogP contribution in [0.5, 0.6) is 0 Å². The third-order valence-electron chi connectivity index (χ3n) is 7.89. The molecule has 3 aliphatic rings. The summed E-state index contributed by atoms with van der Waals surface area (Å²) in [5.74, 6) is 0.306. The lowest BCUT2D eigenvalue weighted by Crippen LogP contribution is -2.53. The number of likely N-dealkylation sites (tertiary alicyclic amines) is 1. The zero-order valence-electron chi connectivity index (χ0n) is 19.2. The highest BCUT2D eigenvalue weighted by molar-refractivity contribution is 7.87. The van der Waals surface area contributed by atoms with Crippen molar-refractivity contribution in [2.24, 2.45) is 23.2 Å². The van der Waals surface area contributed by atoms with Gasteiger partial charge in [0.05, 0.1) is 0 Å². The Kier molecular flexibility index (Phi) is 7.95. The number of hydrogen-bond acceptors (Lipinski definition) is 5. The van der Waals surface area contributed by atoms with Gasteiger partial charge in [-0.05, 0) is 82.9 Å². The zero-order valence-corrected chi connectivity index (χ0v) is 20.0. The molecule has 1 saturated heterocycles. The average molecular weight is 468 g/mol. The van der Waals surface area contributed by atoms with Crippen LogP contribution in [0.15, 0.2) is 11.8 Å². The summed E-state index contributed by atoms with van der Waals surface area (Å²) < 4.78 is 66.4. The van der Waals surface area contributed by atoms with E-state index in [0.29, 0.717) is 31.6 Å². The lowest BCUT2D eigenvalue weighted by Gasteiger charge is -2.53. The zero-order chi connectivity index (χ0) is 23.7. The van der Waals surface area contributed by atoms with Crippen molar-refractivity contribution in [1.82, 2.24) is 4.90 Å². The van der Waals surface area contributed by atoms with E-state index >= 15 is 0 Å². The molecule has 180 valence electrons. The van der Waals surface area contributed by atoms with Gasteiger partial charge in [-0.2, -0.15) is 21.6 Å². The molecule has 3 rings (SSSR count). The second-order valence-electron chi connectivity index (χ2n) is 9.25. The van der Waals surface area contributed by atoms with Crippen molar-refractivity contribution in [2.75, 3.05) is 13.6 Å². The smallest absolute Gasteiger partial charge is 0.380 e. The van der Waals surface area contributed by atoms with Gasteiger partial charge in [0.1, 0.15) is 12.0 Å². The van der Waals surface area contributed by atoms with E-state index in [1.54, 1.807) is 0 Å². The van der Waals surface area contributed by atoms with Crippen LogP contribution in [0.3, 0.4) is 0 Å². The highest BCUT2D eigenvalue weighted by Crippen LogP contribution is 2.61. The van der Waals surface area contributed by atoms with Crippen molar-refractivity contribution >= 4 is 16.4 Å². The lowest BCUT2D eigenvalue weighted by molar-refractivity contribution is -0.109. The number of allylic oxidation sites excluding steroid dienone is 2. The van der Waals surface area contributed by atoms with Crippen molar-refractivity contribution in [1.29, 1.82) is 0 Å². The molecule has 5 unspecified atom stereocenters. The first-order valence-corrected chi connectivity index (χ1v) is 12.6. The van der Waals surface area contributed by atoms with Crippen LogP contribution in [-0.2, 0) is 19.1 Å². The molecular weight excluding hydrogens is 431 g/mol. The second kappa shape index (κ2) is 9.41. The summed E-state index contributed by atoms with van der Waals surface area (Å²) in [5, 5.41) is 0. The first-order chi connectivity index (χ1) is 14.4. The molecule has 1 saturated carbocycles. The van der Waals surface area contributed by atoms with Gasteiger partial charge in [-0.3, -0.25) is 0 Å². The number of alkyl halides is 3. The second-order valence-corrected chi connectivity index (χ2v) is 10.8. The Bertz CT molecular complexity index is 782. The predicted octanol–water partition coefficient (Wildman–Crippen LogP) is 5.28. The van der Waals surface area contributed by atoms with Crippen molar-refractivity contribution in [2.45, 2.75) is 83.7 Å². The summed E-state index contributed by atoms with van der Waals surface area (Å²) in [4.78, 5) is 13.5. The van der Waals surface area contributed by atoms with Gasteiger partial charge in [-0.1, -0.05) is 20.8 Å². The van der Waals surface area contributed by atoms with Gasteiger partial charge < -0.3 is 13.9 Å². The van der Waals surface area contributed by atoms with Crippen LogP contribution in [-0.4, -0.2) is 44.2 Å². The van der Waals surface area contributed by atoms with E-state index in [1.807, 2.05) is 20.8 Å². The molecule has 0 aromatic rings. The quantitative estimate of drug-likeness (QED) is 0.302. The van der Waals surface area contributed by atoms with Crippen molar-refractivity contribution < 1.29 is 30.6 Å². The maximum atomic E-state index is 12.9. The van der Waals surface area contributed by atoms with Crippen LogP contribution >= 0.6 is 0 Å². The van der Waals surface area contributed by atoms with E-state index in [0.717, 1.165) is 32.1 Å². The van der Waals surface area contributed by atoms with Crippen LogP contribution in [0.4, 0.5) is 13.2 Å². The molecule has 1 aliphatic heterocycles. The number of hydrogen-bond donors (Lipinski definition) is 0. The maximum Gasteiger partial charge on any atom is 0.534 e. The van der Waals surface area contributed by atoms with E-state index in [9.17, 15) is 26.4 Å². The lowest BCUT2D eigenvalue weighted by atomic mass is 9.54. The van der Waals surface area contributed by atoms with Gasteiger partial charge in [-0.25, -0.2) is 0 Å². The number of rotatable bonds is 6. The summed E-state index contributed by atoms with van der Waals surface area (Å²) in [7, 11) is -3.58. The Hall–Kier alpha value is -1.09. The molecule has 0 aromatic heterocycles. The van der Waals surface area contributed by atoms with Crippen LogP contribution in [0.25, 0.3) is 0 Å². The molecule has 1 heterocycles. The van der Waals surface area contributed by atoms with Gasteiger partial charge in [-0.15, -0.1) is 0 Å². The molecule has 31 heavy (non-hydrogen) atoms. The van der Waals surface area contributed by atoms with Crippen LogP contribution in [0.1, 0.15) is 72.6 Å². The van der Waals surface area contributed by atoms with Gasteiger partial charge in [0.15, 0.2) is 0 Å². The molecule has 5 nitrogen and oxygen atoms in total. The predicted molar refractivity (Wildman–Crippen MR) is 113 cm³/mol. The molecule has 0 bridgehead atoms. The summed E-state index contributed by atoms with van der Waals surface area (Å²) in [5.41, 5.74) is -6.23. The van der Waals surface area contributed by atoms with E-state index in [4.69, 9.17) is 0 Å². The highest BCUT2D eigenvalue weighted by Gasteiger charge is 2.58. The molecule has 2 fully saturated rings. The van der Waals surface area contributed by atoms with Crippen molar-refractivity contribution in [3.63, 3.8) is 0 Å². The standard InChI is InChI=1S/C20H30F3NO4S.C2H6/c1-18-11-9-16(19(2)10-5-12-24(19)3)14(6-4-13-25)15(18)7-8-17(18)28-29(26,27)20(21,22)23;1-2/h8,13-16H,4-7,9-12H2,1-3H3;1-2H3. The normalized spacial score (nSPS) is 36.3. The fraction of sp³-hybridized carbons (Fsp3) is 0.864. The van der Waals surface area contributed by atoms with E-state index < -0.39 is 21.0 Å². The number of halogens is 3. The van der Waals surface area contributed by atoms with E-state index in [1.165, 1.54) is 6.08 Å². The monoisotopic (exact) mass is 467 g/mol. The number of carbonyl (C=O) groups is 1. The Morgan fingerprint density at radius 1 is 1.23 bits per heavy atom. The Labute approximate surface area is 184 Å². The molecule has 0 N–H and O–H groups in total. The first-order valence-electron chi connectivity index (χ1n) is 11.2. The van der Waals surface area contributed by atoms with E-state index in [2.05, 4.69) is 23.1 Å². The van der Waals surface area contributed by atoms with Crippen LogP contribution < -0.4 is 0 Å². The van der Waals surface area contributed by atoms with E-state index in [-0.39, 0.29) is 23.1 Å². The number of fused-ring (bicyclic) bond motifs is 1. The van der Waals surface area contributed by atoms with Crippen molar-refractivity contribution in [3.8, 4) is 0 Å². The molecule has 9 heteroatoms. The summed E-state index contributed by atoms with van der Waals surface area (Å²) in [6, 6.07) is 0. The number of aldehydes is 1. The third kappa shape index (κ3) is 4.68. The molecule has 0 spiro atoms. The minimum absolute atomic E-state index is 0.0173. The average Bonchev–Trinajstić information content (AvgIpc) is 3.20. The summed E-state index contributed by atoms with van der Waals surface area (Å²) >= 11 is 0. The van der Waals surface area contributed by atoms with Crippen molar-refractivity contribution in [3.05, 3.63) is 11.8 Å². The topological polar surface area (TPSA) is 63.7 Å².